The summed E-state index contributed by atoms with van der Waals surface area (Å²) in [6, 6.07) is 0.339. The van der Waals surface area contributed by atoms with Gasteiger partial charge in [-0.1, -0.05) is 13.3 Å². The van der Waals surface area contributed by atoms with Crippen LogP contribution in [0.3, 0.4) is 0 Å². The molecule has 1 heterocycles. The van der Waals surface area contributed by atoms with Gasteiger partial charge in [0.25, 0.3) is 0 Å². The van der Waals surface area contributed by atoms with E-state index in [1.165, 1.54) is 20.0 Å². The molecule has 76 valence electrons. The van der Waals surface area contributed by atoms with Gasteiger partial charge in [-0.3, -0.25) is 4.79 Å². The second kappa shape index (κ2) is 5.22. The number of hydrogen-bond acceptors (Lipinski definition) is 3. The second-order valence-electron chi connectivity index (χ2n) is 3.59. The Balaban J connectivity index is 2.48. The molecule has 3 heteroatoms. The molecule has 0 aromatic carbocycles. The fourth-order valence-electron chi connectivity index (χ4n) is 1.99. The summed E-state index contributed by atoms with van der Waals surface area (Å²) in [5.41, 5.74) is 0. The van der Waals surface area contributed by atoms with Crippen molar-refractivity contribution in [1.82, 2.24) is 5.32 Å². The minimum absolute atomic E-state index is 0.0466. The van der Waals surface area contributed by atoms with E-state index in [4.69, 9.17) is 4.74 Å². The van der Waals surface area contributed by atoms with Crippen molar-refractivity contribution in [3.8, 4) is 0 Å². The fourth-order valence-corrected chi connectivity index (χ4v) is 1.99. The number of carbonyl (C=O) groups excluding carboxylic acids is 1. The fraction of sp³-hybridized carbons (Fsp3) is 0.900. The molecule has 1 aliphatic heterocycles. The van der Waals surface area contributed by atoms with Crippen LogP contribution in [-0.4, -0.2) is 25.7 Å². The molecule has 0 aromatic rings. The Hall–Kier alpha value is -0.570. The quantitative estimate of drug-likeness (QED) is 0.674. The van der Waals surface area contributed by atoms with Gasteiger partial charge < -0.3 is 10.1 Å². The first-order chi connectivity index (χ1) is 6.29. The van der Waals surface area contributed by atoms with Crippen molar-refractivity contribution in [3.05, 3.63) is 0 Å². The summed E-state index contributed by atoms with van der Waals surface area (Å²) in [5, 5.41) is 3.38. The first-order valence-corrected chi connectivity index (χ1v) is 5.10. The standard InChI is InChI=1S/C10H19NO2/c1-3-8(10(12)13-2)9-6-4-5-7-11-9/h8-9,11H,3-7H2,1-2H3. The molecule has 1 rings (SSSR count). The van der Waals surface area contributed by atoms with Gasteiger partial charge in [0.1, 0.15) is 0 Å². The van der Waals surface area contributed by atoms with Crippen LogP contribution < -0.4 is 5.32 Å². The van der Waals surface area contributed by atoms with Crippen LogP contribution in [0.5, 0.6) is 0 Å². The molecule has 2 unspecified atom stereocenters. The predicted octanol–water partition coefficient (Wildman–Crippen LogP) is 1.33. The number of nitrogens with one attached hydrogen (secondary N) is 1. The molecule has 1 fully saturated rings. The Morgan fingerprint density at radius 1 is 1.62 bits per heavy atom. The molecule has 3 nitrogen and oxygen atoms in total. The smallest absolute Gasteiger partial charge is 0.310 e. The van der Waals surface area contributed by atoms with Crippen molar-refractivity contribution < 1.29 is 9.53 Å². The van der Waals surface area contributed by atoms with E-state index in [-0.39, 0.29) is 11.9 Å². The summed E-state index contributed by atoms with van der Waals surface area (Å²) in [6.45, 7) is 3.08. The number of ether oxygens (including phenoxy) is 1. The number of piperidine rings is 1. The third-order valence-electron chi connectivity index (χ3n) is 2.78. The van der Waals surface area contributed by atoms with Gasteiger partial charge in [-0.15, -0.1) is 0 Å². The minimum Gasteiger partial charge on any atom is -0.469 e. The Kier molecular flexibility index (Phi) is 4.22. The number of hydrogen-bond donors (Lipinski definition) is 1. The highest BCUT2D eigenvalue weighted by Crippen LogP contribution is 2.19. The van der Waals surface area contributed by atoms with Crippen LogP contribution in [0.1, 0.15) is 32.6 Å². The summed E-state index contributed by atoms with van der Waals surface area (Å²) < 4.78 is 4.78. The summed E-state index contributed by atoms with van der Waals surface area (Å²) in [7, 11) is 1.47. The second-order valence-corrected chi connectivity index (χ2v) is 3.59. The highest BCUT2D eigenvalue weighted by atomic mass is 16.5. The van der Waals surface area contributed by atoms with E-state index in [9.17, 15) is 4.79 Å². The van der Waals surface area contributed by atoms with E-state index < -0.39 is 0 Å². The van der Waals surface area contributed by atoms with Crippen molar-refractivity contribution in [2.75, 3.05) is 13.7 Å². The van der Waals surface area contributed by atoms with Crippen molar-refractivity contribution in [3.63, 3.8) is 0 Å². The van der Waals surface area contributed by atoms with Crippen LogP contribution in [0.15, 0.2) is 0 Å². The van der Waals surface area contributed by atoms with Gasteiger partial charge in [0, 0.05) is 6.04 Å². The molecule has 2 atom stereocenters. The first kappa shape index (κ1) is 10.5. The SMILES string of the molecule is CCC(C(=O)OC)C1CCCCN1. The largest absolute Gasteiger partial charge is 0.469 e. The van der Waals surface area contributed by atoms with Gasteiger partial charge in [0.15, 0.2) is 0 Å². The maximum atomic E-state index is 11.4. The van der Waals surface area contributed by atoms with Crippen molar-refractivity contribution >= 4 is 5.97 Å². The normalized spacial score (nSPS) is 25.2. The summed E-state index contributed by atoms with van der Waals surface area (Å²) >= 11 is 0. The summed E-state index contributed by atoms with van der Waals surface area (Å²) in [4.78, 5) is 11.4. The average molecular weight is 185 g/mol. The lowest BCUT2D eigenvalue weighted by Crippen LogP contribution is -2.43. The van der Waals surface area contributed by atoms with Gasteiger partial charge in [-0.2, -0.15) is 0 Å². The van der Waals surface area contributed by atoms with E-state index in [0.717, 1.165) is 19.4 Å². The third kappa shape index (κ3) is 2.69. The highest BCUT2D eigenvalue weighted by Gasteiger charge is 2.28. The maximum Gasteiger partial charge on any atom is 0.310 e. The number of esters is 1. The zero-order chi connectivity index (χ0) is 9.68. The van der Waals surface area contributed by atoms with Crippen LogP contribution in [-0.2, 0) is 9.53 Å². The molecule has 0 aliphatic carbocycles. The molecule has 0 aromatic heterocycles. The Labute approximate surface area is 79.8 Å². The van der Waals surface area contributed by atoms with Crippen molar-refractivity contribution in [1.29, 1.82) is 0 Å². The lowest BCUT2D eigenvalue weighted by atomic mass is 9.90. The van der Waals surface area contributed by atoms with E-state index in [1.807, 2.05) is 6.92 Å². The number of carbonyl (C=O) groups is 1. The van der Waals surface area contributed by atoms with E-state index >= 15 is 0 Å². The molecule has 1 aliphatic rings. The molecule has 13 heavy (non-hydrogen) atoms. The van der Waals surface area contributed by atoms with Gasteiger partial charge in [0.2, 0.25) is 0 Å². The van der Waals surface area contributed by atoms with Crippen LogP contribution >= 0.6 is 0 Å². The lowest BCUT2D eigenvalue weighted by molar-refractivity contribution is -0.146. The Morgan fingerprint density at radius 2 is 2.38 bits per heavy atom. The zero-order valence-electron chi connectivity index (χ0n) is 8.51. The third-order valence-corrected chi connectivity index (χ3v) is 2.78. The van der Waals surface area contributed by atoms with Crippen LogP contribution in [0.4, 0.5) is 0 Å². The molecular formula is C10H19NO2. The Bertz CT molecular complexity index is 164. The topological polar surface area (TPSA) is 38.3 Å². The van der Waals surface area contributed by atoms with Crippen molar-refractivity contribution in [2.24, 2.45) is 5.92 Å². The van der Waals surface area contributed by atoms with Crippen LogP contribution in [0, 0.1) is 5.92 Å². The van der Waals surface area contributed by atoms with Crippen LogP contribution in [0.25, 0.3) is 0 Å². The molecular weight excluding hydrogens is 166 g/mol. The van der Waals surface area contributed by atoms with E-state index in [2.05, 4.69) is 5.32 Å². The first-order valence-electron chi connectivity index (χ1n) is 5.10. The molecule has 0 saturated carbocycles. The predicted molar refractivity (Wildman–Crippen MR) is 51.4 cm³/mol. The molecule has 0 bridgehead atoms. The average Bonchev–Trinajstić information content (AvgIpc) is 2.20. The van der Waals surface area contributed by atoms with Gasteiger partial charge in [0.05, 0.1) is 13.0 Å². The molecule has 1 N–H and O–H groups in total. The number of rotatable bonds is 3. The van der Waals surface area contributed by atoms with Crippen LogP contribution in [0.2, 0.25) is 0 Å². The molecule has 0 amide bonds. The molecule has 0 spiro atoms. The number of methoxy groups -OCH3 is 1. The summed E-state index contributed by atoms with van der Waals surface area (Å²) in [5.74, 6) is -0.0211. The van der Waals surface area contributed by atoms with Gasteiger partial charge in [-0.05, 0) is 25.8 Å². The monoisotopic (exact) mass is 185 g/mol. The zero-order valence-corrected chi connectivity index (χ0v) is 8.51. The highest BCUT2D eigenvalue weighted by molar-refractivity contribution is 5.73. The lowest BCUT2D eigenvalue weighted by Gasteiger charge is -2.28. The van der Waals surface area contributed by atoms with Crippen molar-refractivity contribution in [2.45, 2.75) is 38.6 Å². The van der Waals surface area contributed by atoms with Gasteiger partial charge in [-0.25, -0.2) is 0 Å². The maximum absolute atomic E-state index is 11.4. The van der Waals surface area contributed by atoms with Gasteiger partial charge >= 0.3 is 5.97 Å². The van der Waals surface area contributed by atoms with E-state index in [0.29, 0.717) is 6.04 Å². The Morgan fingerprint density at radius 3 is 2.85 bits per heavy atom. The minimum atomic E-state index is -0.0677. The van der Waals surface area contributed by atoms with E-state index in [1.54, 1.807) is 0 Å². The summed E-state index contributed by atoms with van der Waals surface area (Å²) in [6.07, 6.45) is 4.43. The molecule has 1 saturated heterocycles. The molecule has 0 radical (unpaired) electrons.